The molecule has 3 heteroatoms. The molecule has 114 valence electrons. The topological polar surface area (TPSA) is 30.8 Å². The van der Waals surface area contributed by atoms with E-state index in [1.54, 1.807) is 12.3 Å². The quantitative estimate of drug-likeness (QED) is 0.731. The van der Waals surface area contributed by atoms with Gasteiger partial charge in [-0.05, 0) is 50.6 Å². The fraction of sp³-hybridized carbons (Fsp3) is 0.316. The van der Waals surface area contributed by atoms with E-state index in [1.165, 1.54) is 10.8 Å². The predicted molar refractivity (Wildman–Crippen MR) is 90.5 cm³/mol. The molecule has 0 unspecified atom stereocenters. The predicted octanol–water partition coefficient (Wildman–Crippen LogP) is 4.99. The molecule has 2 aromatic rings. The smallest absolute Gasteiger partial charge is 0.282 e. The molecule has 0 aliphatic carbocycles. The maximum absolute atomic E-state index is 5.82. The summed E-state index contributed by atoms with van der Waals surface area (Å²) in [6.07, 6.45) is 3.49. The van der Waals surface area contributed by atoms with Crippen LogP contribution < -0.4 is 0 Å². The monoisotopic (exact) mass is 295 g/mol. The molecule has 0 spiro atoms. The van der Waals surface area contributed by atoms with Gasteiger partial charge in [-0.3, -0.25) is 4.99 Å². The second kappa shape index (κ2) is 5.16. The summed E-state index contributed by atoms with van der Waals surface area (Å²) in [6.45, 7) is 8.09. The Hall–Kier alpha value is -2.29. The Balaban J connectivity index is 1.78. The first-order chi connectivity index (χ1) is 10.4. The Morgan fingerprint density at radius 3 is 2.18 bits per heavy atom. The van der Waals surface area contributed by atoms with Gasteiger partial charge in [0.05, 0.1) is 5.69 Å². The maximum Gasteiger partial charge on any atom is 0.282 e. The third kappa shape index (κ3) is 2.71. The van der Waals surface area contributed by atoms with Crippen LogP contribution in [0.25, 0.3) is 10.8 Å². The van der Waals surface area contributed by atoms with Crippen LogP contribution in [0.3, 0.4) is 0 Å². The summed E-state index contributed by atoms with van der Waals surface area (Å²) in [5.41, 5.74) is 0.206. The van der Waals surface area contributed by atoms with Crippen LogP contribution >= 0.6 is 0 Å². The molecular weight excluding hydrogens is 274 g/mol. The highest BCUT2D eigenvalue weighted by Crippen LogP contribution is 2.39. The van der Waals surface area contributed by atoms with Crippen molar-refractivity contribution < 1.29 is 9.47 Å². The number of benzene rings is 2. The Kier molecular flexibility index (Phi) is 3.44. The maximum atomic E-state index is 5.82. The van der Waals surface area contributed by atoms with E-state index in [4.69, 9.17) is 9.47 Å². The van der Waals surface area contributed by atoms with Crippen molar-refractivity contribution in [3.63, 3.8) is 0 Å². The van der Waals surface area contributed by atoms with Crippen molar-refractivity contribution in [3.05, 3.63) is 54.5 Å². The van der Waals surface area contributed by atoms with Crippen molar-refractivity contribution >= 4 is 22.7 Å². The largest absolute Gasteiger partial charge is 0.455 e. The van der Waals surface area contributed by atoms with Crippen LogP contribution in [0.15, 0.2) is 59.5 Å². The minimum atomic E-state index is -0.352. The van der Waals surface area contributed by atoms with Crippen LogP contribution in [0.1, 0.15) is 27.7 Å². The van der Waals surface area contributed by atoms with Gasteiger partial charge in [-0.25, -0.2) is 0 Å². The molecule has 0 amide bonds. The minimum Gasteiger partial charge on any atom is -0.455 e. The molecule has 0 aromatic heterocycles. The molecule has 0 radical (unpaired) electrons. The van der Waals surface area contributed by atoms with Crippen molar-refractivity contribution in [2.45, 2.75) is 38.9 Å². The lowest BCUT2D eigenvalue weighted by molar-refractivity contribution is 0.00578. The molecule has 3 rings (SSSR count). The van der Waals surface area contributed by atoms with Gasteiger partial charge in [0.15, 0.2) is 0 Å². The summed E-state index contributed by atoms with van der Waals surface area (Å²) in [7, 11) is 0. The Morgan fingerprint density at radius 2 is 1.50 bits per heavy atom. The normalized spacial score (nSPS) is 19.2. The van der Waals surface area contributed by atoms with Gasteiger partial charge >= 0.3 is 0 Å². The highest BCUT2D eigenvalue weighted by atomic mass is 16.7. The van der Waals surface area contributed by atoms with Gasteiger partial charge in [0.25, 0.3) is 5.95 Å². The number of hydrogen-bond donors (Lipinski definition) is 0. The average molecular weight is 295 g/mol. The number of aliphatic imine (C=N–C) groups is 1. The third-order valence-electron chi connectivity index (χ3n) is 4.33. The second-order valence-corrected chi connectivity index (χ2v) is 6.52. The highest BCUT2D eigenvalue weighted by molar-refractivity contribution is 5.86. The average Bonchev–Trinajstić information content (AvgIpc) is 2.66. The van der Waals surface area contributed by atoms with Gasteiger partial charge < -0.3 is 9.47 Å². The summed E-state index contributed by atoms with van der Waals surface area (Å²) in [4.78, 5) is 4.45. The van der Waals surface area contributed by atoms with E-state index in [2.05, 4.69) is 29.3 Å². The van der Waals surface area contributed by atoms with Gasteiger partial charge in [-0.2, -0.15) is 0 Å². The van der Waals surface area contributed by atoms with Crippen LogP contribution in [0, 0.1) is 0 Å². The van der Waals surface area contributed by atoms with E-state index < -0.39 is 0 Å². The van der Waals surface area contributed by atoms with Gasteiger partial charge in [0, 0.05) is 12.3 Å². The number of fused-ring (bicyclic) bond motifs is 1. The van der Waals surface area contributed by atoms with Crippen molar-refractivity contribution in [1.29, 1.82) is 0 Å². The van der Waals surface area contributed by atoms with E-state index in [0.29, 0.717) is 5.95 Å². The van der Waals surface area contributed by atoms with Gasteiger partial charge in [-0.15, -0.1) is 0 Å². The molecule has 3 nitrogen and oxygen atoms in total. The lowest BCUT2D eigenvalue weighted by atomic mass is 9.90. The number of rotatable bonds is 2. The van der Waals surface area contributed by atoms with Gasteiger partial charge in [0.2, 0.25) is 0 Å². The van der Waals surface area contributed by atoms with Crippen molar-refractivity contribution in [3.8, 4) is 0 Å². The number of nitrogens with zero attached hydrogens (tertiary/aromatic N) is 1. The summed E-state index contributed by atoms with van der Waals surface area (Å²) < 4.78 is 11.6. The van der Waals surface area contributed by atoms with Gasteiger partial charge in [-0.1, -0.05) is 30.3 Å². The lowest BCUT2D eigenvalue weighted by Gasteiger charge is -2.28. The second-order valence-electron chi connectivity index (χ2n) is 6.52. The van der Waals surface area contributed by atoms with Crippen molar-refractivity contribution in [2.24, 2.45) is 4.99 Å². The van der Waals surface area contributed by atoms with E-state index in [-0.39, 0.29) is 11.2 Å². The van der Waals surface area contributed by atoms with Crippen LogP contribution in [-0.4, -0.2) is 17.4 Å². The van der Waals surface area contributed by atoms with E-state index in [0.717, 1.165) is 5.69 Å². The van der Waals surface area contributed by atoms with Crippen LogP contribution in [0.4, 0.5) is 5.69 Å². The first kappa shape index (κ1) is 14.6. The molecule has 22 heavy (non-hydrogen) atoms. The van der Waals surface area contributed by atoms with Crippen molar-refractivity contribution in [2.75, 3.05) is 0 Å². The molecule has 1 aliphatic heterocycles. The Labute approximate surface area is 131 Å². The summed E-state index contributed by atoms with van der Waals surface area (Å²) >= 11 is 0. The zero-order valence-electron chi connectivity index (χ0n) is 13.5. The molecule has 0 saturated carbocycles. The third-order valence-corrected chi connectivity index (χ3v) is 4.33. The standard InChI is InChI=1S/C19H21NO2/c1-18(2)19(3,4)22-17(21-18)11-12-20-16-10-9-14-7-5-6-8-15(14)13-16/h5-13H,1-4H3. The molecule has 0 N–H and O–H groups in total. The van der Waals surface area contributed by atoms with Crippen LogP contribution in [0.2, 0.25) is 0 Å². The highest BCUT2D eigenvalue weighted by Gasteiger charge is 2.48. The minimum absolute atomic E-state index is 0.352. The zero-order chi connectivity index (χ0) is 15.8. The first-order valence-corrected chi connectivity index (χ1v) is 7.49. The van der Waals surface area contributed by atoms with Crippen LogP contribution in [0.5, 0.6) is 0 Å². The molecular formula is C19H21NO2. The molecule has 0 bridgehead atoms. The summed E-state index contributed by atoms with van der Waals surface area (Å²) in [5, 5.41) is 2.39. The molecule has 1 heterocycles. The molecule has 0 atom stereocenters. The van der Waals surface area contributed by atoms with Gasteiger partial charge in [0.1, 0.15) is 11.2 Å². The number of allylic oxidation sites excluding steroid dienone is 1. The summed E-state index contributed by atoms with van der Waals surface area (Å²) in [5.74, 6) is 0.513. The fourth-order valence-electron chi connectivity index (χ4n) is 2.28. The first-order valence-electron chi connectivity index (χ1n) is 7.49. The SMILES string of the molecule is CC1(C)OC(=CC=Nc2ccc3ccccc3c2)OC1(C)C. The Bertz CT molecular complexity index is 739. The van der Waals surface area contributed by atoms with Crippen molar-refractivity contribution in [1.82, 2.24) is 0 Å². The molecule has 1 saturated heterocycles. The van der Waals surface area contributed by atoms with E-state index in [9.17, 15) is 0 Å². The lowest BCUT2D eigenvalue weighted by Crippen LogP contribution is -2.41. The number of ether oxygens (including phenoxy) is 2. The summed E-state index contributed by atoms with van der Waals surface area (Å²) in [6, 6.07) is 14.4. The number of hydrogen-bond acceptors (Lipinski definition) is 3. The zero-order valence-corrected chi connectivity index (χ0v) is 13.5. The van der Waals surface area contributed by atoms with E-state index in [1.807, 2.05) is 45.9 Å². The molecule has 1 fully saturated rings. The molecule has 1 aliphatic rings. The fourth-order valence-corrected chi connectivity index (χ4v) is 2.28. The van der Waals surface area contributed by atoms with E-state index >= 15 is 0 Å². The van der Waals surface area contributed by atoms with Crippen LogP contribution in [-0.2, 0) is 9.47 Å². The Morgan fingerprint density at radius 1 is 0.864 bits per heavy atom. The molecule has 2 aromatic carbocycles.